The first kappa shape index (κ1) is 25.2. The number of benzene rings is 1. The molecule has 0 aromatic heterocycles. The number of unbranched alkanes of at least 4 members (excludes halogenated alkanes) is 1. The van der Waals surface area contributed by atoms with Gasteiger partial charge < -0.3 is 0 Å². The van der Waals surface area contributed by atoms with Gasteiger partial charge in [-0.1, -0.05) is 25.0 Å². The van der Waals surface area contributed by atoms with E-state index in [1.54, 1.807) is 0 Å². The summed E-state index contributed by atoms with van der Waals surface area (Å²) in [6.07, 6.45) is 11.5. The molecular formula is C26H34F6. The van der Waals surface area contributed by atoms with E-state index in [0.717, 1.165) is 56.6 Å². The summed E-state index contributed by atoms with van der Waals surface area (Å²) in [5.74, 6) is -1.12. The van der Waals surface area contributed by atoms with Crippen molar-refractivity contribution < 1.29 is 26.3 Å². The Hall–Kier alpha value is -1.46. The van der Waals surface area contributed by atoms with Crippen LogP contribution < -0.4 is 0 Å². The molecule has 2 aliphatic rings. The molecule has 6 heteroatoms. The van der Waals surface area contributed by atoms with Gasteiger partial charge in [0.2, 0.25) is 0 Å². The fourth-order valence-electron chi connectivity index (χ4n) is 5.51. The lowest BCUT2D eigenvalue weighted by Crippen LogP contribution is -2.18. The molecule has 0 N–H and O–H groups in total. The van der Waals surface area contributed by atoms with E-state index in [1.165, 1.54) is 32.1 Å². The highest BCUT2D eigenvalue weighted by Gasteiger charge is 2.38. The van der Waals surface area contributed by atoms with Gasteiger partial charge in [0.1, 0.15) is 17.2 Å². The smallest absolute Gasteiger partial charge is 0.251 e. The number of hydrogen-bond donors (Lipinski definition) is 0. The predicted octanol–water partition coefficient (Wildman–Crippen LogP) is 9.15. The molecule has 0 unspecified atom stereocenters. The molecule has 3 rings (SSSR count). The van der Waals surface area contributed by atoms with E-state index in [2.05, 4.69) is 12.2 Å². The van der Waals surface area contributed by atoms with Gasteiger partial charge in [-0.25, -0.2) is 8.78 Å². The Morgan fingerprint density at radius 1 is 0.812 bits per heavy atom. The first-order valence-electron chi connectivity index (χ1n) is 12.1. The highest BCUT2D eigenvalue weighted by Crippen LogP contribution is 2.42. The third kappa shape index (κ3) is 7.02. The third-order valence-corrected chi connectivity index (χ3v) is 7.45. The summed E-state index contributed by atoms with van der Waals surface area (Å²) in [4.78, 5) is 0. The largest absolute Gasteiger partial charge is 0.422 e. The van der Waals surface area contributed by atoms with Crippen molar-refractivity contribution in [1.82, 2.24) is 0 Å². The molecular weight excluding hydrogens is 426 g/mol. The molecule has 0 aliphatic heterocycles. The first-order chi connectivity index (χ1) is 15.3. The van der Waals surface area contributed by atoms with E-state index >= 15 is 0 Å². The Bertz CT molecular complexity index is 714. The summed E-state index contributed by atoms with van der Waals surface area (Å²) >= 11 is 0. The highest BCUT2D eigenvalue weighted by molar-refractivity contribution is 5.30. The second-order valence-electron chi connectivity index (χ2n) is 9.69. The van der Waals surface area contributed by atoms with Crippen molar-refractivity contribution in [3.05, 3.63) is 47.0 Å². The summed E-state index contributed by atoms with van der Waals surface area (Å²) in [6, 6.07) is 1.75. The van der Waals surface area contributed by atoms with Gasteiger partial charge in [0, 0.05) is 0 Å². The van der Waals surface area contributed by atoms with Crippen LogP contribution in [0.25, 0.3) is 0 Å². The molecule has 0 bridgehead atoms. The average Bonchev–Trinajstić information content (AvgIpc) is 2.75. The summed E-state index contributed by atoms with van der Waals surface area (Å²) < 4.78 is 78.3. The SMILES string of the molecule is FCCCC=CC1CCC(CCC2CCC(c3cc(F)c(C(F)(F)F)c(F)c3)CC2)CC1. The fraction of sp³-hybridized carbons (Fsp3) is 0.692. The minimum absolute atomic E-state index is 0.0721. The van der Waals surface area contributed by atoms with Crippen molar-refractivity contribution in [3.8, 4) is 0 Å². The van der Waals surface area contributed by atoms with Gasteiger partial charge >= 0.3 is 6.18 Å². The molecule has 1 aromatic rings. The van der Waals surface area contributed by atoms with Crippen molar-refractivity contribution >= 4 is 0 Å². The lowest BCUT2D eigenvalue weighted by atomic mass is 9.74. The lowest BCUT2D eigenvalue weighted by molar-refractivity contribution is -0.142. The van der Waals surface area contributed by atoms with Crippen LogP contribution in [-0.2, 0) is 6.18 Å². The monoisotopic (exact) mass is 460 g/mol. The molecule has 2 saturated carbocycles. The van der Waals surface area contributed by atoms with Crippen LogP contribution in [0.4, 0.5) is 26.3 Å². The van der Waals surface area contributed by atoms with E-state index in [9.17, 15) is 26.3 Å². The van der Waals surface area contributed by atoms with E-state index in [-0.39, 0.29) is 12.6 Å². The molecule has 32 heavy (non-hydrogen) atoms. The number of alkyl halides is 4. The Balaban J connectivity index is 1.40. The number of rotatable bonds is 8. The van der Waals surface area contributed by atoms with Crippen molar-refractivity contribution in [2.75, 3.05) is 6.67 Å². The molecule has 0 amide bonds. The topological polar surface area (TPSA) is 0 Å². The molecule has 0 radical (unpaired) electrons. The van der Waals surface area contributed by atoms with Gasteiger partial charge in [-0.3, -0.25) is 4.39 Å². The Kier molecular flexibility index (Phi) is 9.13. The lowest BCUT2D eigenvalue weighted by Gasteiger charge is -2.31. The van der Waals surface area contributed by atoms with Gasteiger partial charge in [0.15, 0.2) is 0 Å². The molecule has 0 atom stereocenters. The van der Waals surface area contributed by atoms with Gasteiger partial charge in [0.05, 0.1) is 6.67 Å². The van der Waals surface area contributed by atoms with Crippen LogP contribution in [0.1, 0.15) is 94.1 Å². The maximum Gasteiger partial charge on any atom is 0.422 e. The second kappa shape index (κ2) is 11.6. The van der Waals surface area contributed by atoms with Gasteiger partial charge in [0.25, 0.3) is 0 Å². The number of allylic oxidation sites excluding steroid dienone is 2. The third-order valence-electron chi connectivity index (χ3n) is 7.45. The zero-order valence-corrected chi connectivity index (χ0v) is 18.6. The maximum atomic E-state index is 13.9. The van der Waals surface area contributed by atoms with Crippen molar-refractivity contribution in [3.63, 3.8) is 0 Å². The second-order valence-corrected chi connectivity index (χ2v) is 9.69. The standard InChI is InChI=1S/C26H34F6/c27-15-3-1-2-4-18-5-7-19(8-6-18)9-10-20-11-13-21(14-12-20)22-16-23(28)25(24(29)17-22)26(30,31)32/h2,4,16-21H,1,3,5-15H2. The summed E-state index contributed by atoms with van der Waals surface area (Å²) in [5, 5.41) is 0. The highest BCUT2D eigenvalue weighted by atomic mass is 19.4. The van der Waals surface area contributed by atoms with Gasteiger partial charge in [-0.2, -0.15) is 13.2 Å². The Morgan fingerprint density at radius 2 is 1.34 bits per heavy atom. The number of hydrogen-bond acceptors (Lipinski definition) is 0. The normalized spacial score (nSPS) is 27.2. The predicted molar refractivity (Wildman–Crippen MR) is 115 cm³/mol. The molecule has 2 aliphatic carbocycles. The van der Waals surface area contributed by atoms with Crippen molar-refractivity contribution in [1.29, 1.82) is 0 Å². The molecule has 0 spiro atoms. The quantitative estimate of drug-likeness (QED) is 0.206. The molecule has 0 heterocycles. The maximum absolute atomic E-state index is 13.9. The molecule has 1 aromatic carbocycles. The summed E-state index contributed by atoms with van der Waals surface area (Å²) in [5.41, 5.74) is -1.44. The van der Waals surface area contributed by atoms with Crippen LogP contribution in [0.3, 0.4) is 0 Å². The zero-order valence-electron chi connectivity index (χ0n) is 18.6. The molecule has 0 nitrogen and oxygen atoms in total. The van der Waals surface area contributed by atoms with Crippen LogP contribution in [0.5, 0.6) is 0 Å². The minimum Gasteiger partial charge on any atom is -0.251 e. The van der Waals surface area contributed by atoms with Crippen molar-refractivity contribution in [2.45, 2.75) is 89.1 Å². The summed E-state index contributed by atoms with van der Waals surface area (Å²) in [7, 11) is 0. The van der Waals surface area contributed by atoms with Crippen LogP contribution in [0, 0.1) is 29.4 Å². The Labute approximate surface area is 187 Å². The van der Waals surface area contributed by atoms with Crippen LogP contribution in [0.15, 0.2) is 24.3 Å². The molecule has 180 valence electrons. The van der Waals surface area contributed by atoms with Crippen LogP contribution in [0.2, 0.25) is 0 Å². The van der Waals surface area contributed by atoms with Gasteiger partial charge in [-0.15, -0.1) is 0 Å². The van der Waals surface area contributed by atoms with E-state index in [1.807, 2.05) is 0 Å². The van der Waals surface area contributed by atoms with Gasteiger partial charge in [-0.05, 0) is 106 Å². The van der Waals surface area contributed by atoms with E-state index in [0.29, 0.717) is 23.8 Å². The van der Waals surface area contributed by atoms with Crippen LogP contribution >= 0.6 is 0 Å². The average molecular weight is 461 g/mol. The Morgan fingerprint density at radius 3 is 1.84 bits per heavy atom. The zero-order chi connectivity index (χ0) is 23.1. The molecule has 0 saturated heterocycles. The van der Waals surface area contributed by atoms with E-state index < -0.39 is 23.4 Å². The number of halogens is 6. The first-order valence-corrected chi connectivity index (χ1v) is 12.1. The minimum atomic E-state index is -5.02. The van der Waals surface area contributed by atoms with Crippen molar-refractivity contribution in [2.24, 2.45) is 17.8 Å². The summed E-state index contributed by atoms with van der Waals surface area (Å²) in [6.45, 7) is -0.253. The van der Waals surface area contributed by atoms with Crippen LogP contribution in [-0.4, -0.2) is 6.67 Å². The van der Waals surface area contributed by atoms with E-state index in [4.69, 9.17) is 0 Å². The molecule has 2 fully saturated rings. The fourth-order valence-corrected chi connectivity index (χ4v) is 5.51.